The first-order valence-corrected chi connectivity index (χ1v) is 10.4. The summed E-state index contributed by atoms with van der Waals surface area (Å²) in [6, 6.07) is 8.07. The van der Waals surface area contributed by atoms with E-state index < -0.39 is 66.1 Å². The average molecular weight is 588 g/mol. The van der Waals surface area contributed by atoms with Gasteiger partial charge in [0.15, 0.2) is 6.61 Å². The fourth-order valence-corrected chi connectivity index (χ4v) is 3.18. The molecule has 0 aromatic heterocycles. The predicted octanol–water partition coefficient (Wildman–Crippen LogP) is 8.12. The molecule has 0 radical (unpaired) electrons. The van der Waals surface area contributed by atoms with Gasteiger partial charge >= 0.3 is 47.7 Å². The maximum absolute atomic E-state index is 13.9. The number of hydrogen-bond acceptors (Lipinski definition) is 2. The summed E-state index contributed by atoms with van der Waals surface area (Å²) in [6.45, 7) is -0.449. The smallest absolute Gasteiger partial charge is 0.459 e. The van der Waals surface area contributed by atoms with Gasteiger partial charge in [-0.2, -0.15) is 65.9 Å². The Kier molecular flexibility index (Phi) is 9.45. The Labute approximate surface area is 205 Å². The van der Waals surface area contributed by atoms with Gasteiger partial charge in [0.05, 0.1) is 5.92 Å². The van der Waals surface area contributed by atoms with Gasteiger partial charge < -0.3 is 4.74 Å². The highest BCUT2D eigenvalue weighted by molar-refractivity contribution is 5.72. The van der Waals surface area contributed by atoms with Gasteiger partial charge in [-0.3, -0.25) is 4.79 Å². The molecular weight excluding hydrogens is 569 g/mol. The summed E-state index contributed by atoms with van der Waals surface area (Å²) >= 11 is 0. The van der Waals surface area contributed by atoms with Crippen LogP contribution in [0.4, 0.5) is 65.9 Å². The maximum Gasteiger partial charge on any atom is 0.460 e. The first kappa shape index (κ1) is 33.7. The molecule has 0 spiro atoms. The van der Waals surface area contributed by atoms with Crippen molar-refractivity contribution in [2.45, 2.75) is 74.3 Å². The quantitative estimate of drug-likeness (QED) is 0.182. The second-order valence-electron chi connectivity index (χ2n) is 8.33. The van der Waals surface area contributed by atoms with E-state index in [2.05, 4.69) is 4.74 Å². The van der Waals surface area contributed by atoms with Crippen LogP contribution in [0, 0.1) is 5.92 Å². The zero-order valence-corrected chi connectivity index (χ0v) is 19.1. The van der Waals surface area contributed by atoms with Crippen molar-refractivity contribution in [1.82, 2.24) is 0 Å². The van der Waals surface area contributed by atoms with Crippen molar-refractivity contribution >= 4 is 5.97 Å². The number of carbonyl (C=O) groups excluding carboxylic acids is 1. The number of ether oxygens (including phenoxy) is 1. The van der Waals surface area contributed by atoms with Crippen LogP contribution in [0.5, 0.6) is 0 Å². The Morgan fingerprint density at radius 3 is 1.55 bits per heavy atom. The van der Waals surface area contributed by atoms with E-state index in [-0.39, 0.29) is 6.42 Å². The van der Waals surface area contributed by atoms with E-state index in [1.54, 1.807) is 37.3 Å². The summed E-state index contributed by atoms with van der Waals surface area (Å²) in [5.74, 6) is -50.9. The van der Waals surface area contributed by atoms with Crippen molar-refractivity contribution in [2.75, 3.05) is 6.61 Å². The van der Waals surface area contributed by atoms with Crippen LogP contribution in [0.25, 0.3) is 0 Å². The number of benzene rings is 1. The lowest BCUT2D eigenvalue weighted by atomic mass is 9.88. The third-order valence-electron chi connectivity index (χ3n) is 5.59. The van der Waals surface area contributed by atoms with Crippen LogP contribution in [0.1, 0.15) is 38.2 Å². The maximum atomic E-state index is 13.9. The monoisotopic (exact) mass is 588 g/mol. The number of carbonyl (C=O) groups is 1. The SMILES string of the molecule is CCC(CC(C)C(=O)OCC(F)(F)C(F)(F)C(F)(F)C(F)(F)C(F)(F)C(F)(F)C(F)(F)F)c1ccccc1. The lowest BCUT2D eigenvalue weighted by Gasteiger charge is -2.41. The van der Waals surface area contributed by atoms with Crippen LogP contribution in [-0.2, 0) is 9.53 Å². The van der Waals surface area contributed by atoms with Crippen molar-refractivity contribution in [3.8, 4) is 0 Å². The molecule has 2 atom stereocenters. The van der Waals surface area contributed by atoms with Crippen molar-refractivity contribution < 1.29 is 75.4 Å². The van der Waals surface area contributed by atoms with E-state index in [1.807, 2.05) is 0 Å². The molecule has 0 aliphatic rings. The van der Waals surface area contributed by atoms with E-state index in [4.69, 9.17) is 0 Å². The third-order valence-corrected chi connectivity index (χ3v) is 5.59. The summed E-state index contributed by atoms with van der Waals surface area (Å²) in [5.41, 5.74) is 0.643. The lowest BCUT2D eigenvalue weighted by molar-refractivity contribution is -0.453. The number of rotatable bonds is 12. The Morgan fingerprint density at radius 2 is 1.13 bits per heavy atom. The minimum atomic E-state index is -8.38. The number of alkyl halides is 15. The summed E-state index contributed by atoms with van der Waals surface area (Å²) in [4.78, 5) is 12.0. The summed E-state index contributed by atoms with van der Waals surface area (Å²) in [6.07, 6.45) is -7.49. The second-order valence-corrected chi connectivity index (χ2v) is 8.33. The molecule has 0 aliphatic heterocycles. The van der Waals surface area contributed by atoms with Crippen LogP contribution in [0.15, 0.2) is 30.3 Å². The second kappa shape index (κ2) is 10.7. The lowest BCUT2D eigenvalue weighted by Crippen LogP contribution is -2.73. The Morgan fingerprint density at radius 1 is 0.711 bits per heavy atom. The van der Waals surface area contributed by atoms with Gasteiger partial charge in [-0.15, -0.1) is 0 Å². The molecule has 2 nitrogen and oxygen atoms in total. The summed E-state index contributed by atoms with van der Waals surface area (Å²) < 4.78 is 202. The fraction of sp³-hybridized carbons (Fsp3) is 0.667. The standard InChI is InChI=1S/C21H19F15O2/c1-3-12(13-7-5-4-6-8-13)9-11(2)14(37)38-10-15(22,23)16(24,25)17(26,27)18(28,29)19(30,31)20(32,33)21(34,35)36/h4-8,11-12H,3,9-10H2,1-2H3. The predicted molar refractivity (Wildman–Crippen MR) is 100.0 cm³/mol. The van der Waals surface area contributed by atoms with Gasteiger partial charge in [0.1, 0.15) is 0 Å². The van der Waals surface area contributed by atoms with E-state index in [9.17, 15) is 70.7 Å². The molecule has 0 fully saturated rings. The molecule has 220 valence electrons. The Balaban J connectivity index is 3.15. The molecule has 0 amide bonds. The van der Waals surface area contributed by atoms with Crippen molar-refractivity contribution in [2.24, 2.45) is 5.92 Å². The molecule has 0 aliphatic carbocycles. The Bertz CT molecular complexity index is 942. The molecule has 0 heterocycles. The highest BCUT2D eigenvalue weighted by Crippen LogP contribution is 2.62. The Hall–Kier alpha value is -2.36. The van der Waals surface area contributed by atoms with Crippen molar-refractivity contribution in [1.29, 1.82) is 0 Å². The van der Waals surface area contributed by atoms with Crippen LogP contribution in [-0.4, -0.2) is 54.3 Å². The van der Waals surface area contributed by atoms with Gasteiger partial charge in [0.25, 0.3) is 0 Å². The first-order valence-electron chi connectivity index (χ1n) is 10.4. The average Bonchev–Trinajstić information content (AvgIpc) is 2.79. The fourth-order valence-electron chi connectivity index (χ4n) is 3.18. The van der Waals surface area contributed by atoms with Gasteiger partial charge in [0.2, 0.25) is 0 Å². The first-order chi connectivity index (χ1) is 16.8. The van der Waals surface area contributed by atoms with Crippen LogP contribution < -0.4 is 0 Å². The van der Waals surface area contributed by atoms with E-state index in [0.29, 0.717) is 12.0 Å². The molecule has 0 bridgehead atoms. The number of esters is 1. The van der Waals surface area contributed by atoms with E-state index in [1.165, 1.54) is 0 Å². The topological polar surface area (TPSA) is 26.3 Å². The summed E-state index contributed by atoms with van der Waals surface area (Å²) in [5, 5.41) is 0. The zero-order valence-electron chi connectivity index (χ0n) is 19.1. The molecule has 38 heavy (non-hydrogen) atoms. The van der Waals surface area contributed by atoms with Gasteiger partial charge in [-0.05, 0) is 24.3 Å². The van der Waals surface area contributed by atoms with E-state index in [0.717, 1.165) is 6.92 Å². The van der Waals surface area contributed by atoms with Crippen LogP contribution in [0.3, 0.4) is 0 Å². The van der Waals surface area contributed by atoms with Gasteiger partial charge in [-0.1, -0.05) is 44.2 Å². The largest absolute Gasteiger partial charge is 0.460 e. The molecule has 2 unspecified atom stereocenters. The molecule has 0 saturated carbocycles. The van der Waals surface area contributed by atoms with Crippen LogP contribution in [0.2, 0.25) is 0 Å². The summed E-state index contributed by atoms with van der Waals surface area (Å²) in [7, 11) is 0. The molecule has 1 aromatic carbocycles. The minimum Gasteiger partial charge on any atom is -0.459 e. The molecule has 17 heteroatoms. The highest BCUT2D eigenvalue weighted by atomic mass is 19.4. The molecule has 1 rings (SSSR count). The molecular formula is C21H19F15O2. The number of hydrogen-bond donors (Lipinski definition) is 0. The van der Waals surface area contributed by atoms with Gasteiger partial charge in [-0.25, -0.2) is 0 Å². The van der Waals surface area contributed by atoms with Crippen molar-refractivity contribution in [3.63, 3.8) is 0 Å². The number of halogens is 15. The van der Waals surface area contributed by atoms with Gasteiger partial charge in [0, 0.05) is 0 Å². The van der Waals surface area contributed by atoms with Crippen LogP contribution >= 0.6 is 0 Å². The minimum absolute atomic E-state index is 0.172. The van der Waals surface area contributed by atoms with E-state index >= 15 is 0 Å². The zero-order chi connectivity index (χ0) is 30.2. The van der Waals surface area contributed by atoms with Crippen molar-refractivity contribution in [3.05, 3.63) is 35.9 Å². The molecule has 0 saturated heterocycles. The molecule has 0 N–H and O–H groups in total. The normalized spacial score (nSPS) is 16.2. The third kappa shape index (κ3) is 5.65. The molecule has 1 aromatic rings. The highest BCUT2D eigenvalue weighted by Gasteiger charge is 2.93.